The molecule has 64 valence electrons. The Morgan fingerprint density at radius 1 is 1.36 bits per heavy atom. The van der Waals surface area contributed by atoms with E-state index in [0.717, 1.165) is 6.42 Å². The summed E-state index contributed by atoms with van der Waals surface area (Å²) in [6.07, 6.45) is 0.136. The lowest BCUT2D eigenvalue weighted by Crippen LogP contribution is -2.58. The zero-order valence-electron chi connectivity index (χ0n) is 6.20. The molecule has 2 aliphatic rings. The topological polar surface area (TPSA) is 72.7 Å². The third kappa shape index (κ3) is 1.06. The summed E-state index contributed by atoms with van der Waals surface area (Å²) in [4.78, 5) is 0. The number of hydrogen-bond donors (Lipinski definition) is 4. The van der Waals surface area contributed by atoms with Gasteiger partial charge in [-0.05, 0) is 12.8 Å². The Hall–Kier alpha value is -0.160. The zero-order chi connectivity index (χ0) is 8.06. The molecule has 4 atom stereocenters. The molecule has 4 nitrogen and oxygen atoms in total. The predicted octanol–water partition coefficient (Wildman–Crippen LogP) is -1.45. The van der Waals surface area contributed by atoms with E-state index in [1.54, 1.807) is 0 Å². The van der Waals surface area contributed by atoms with Crippen LogP contribution in [0.15, 0.2) is 0 Å². The van der Waals surface area contributed by atoms with Crippen LogP contribution >= 0.6 is 0 Å². The smallest absolute Gasteiger partial charge is 0.118 e. The van der Waals surface area contributed by atoms with Crippen molar-refractivity contribution in [1.82, 2.24) is 5.32 Å². The fourth-order valence-electron chi connectivity index (χ4n) is 2.04. The highest BCUT2D eigenvalue weighted by atomic mass is 16.3. The molecule has 2 heterocycles. The van der Waals surface area contributed by atoms with Crippen LogP contribution in [-0.2, 0) is 0 Å². The molecule has 2 bridgehead atoms. The fraction of sp³-hybridized carbons (Fsp3) is 1.00. The first-order valence-corrected chi connectivity index (χ1v) is 3.97. The molecule has 11 heavy (non-hydrogen) atoms. The van der Waals surface area contributed by atoms with Gasteiger partial charge in [-0.1, -0.05) is 0 Å². The second kappa shape index (κ2) is 2.17. The minimum Gasteiger partial charge on any atom is -0.390 e. The van der Waals surface area contributed by atoms with E-state index in [1.165, 1.54) is 0 Å². The van der Waals surface area contributed by atoms with E-state index >= 15 is 0 Å². The standard InChI is InChI=1S/C7H13NO3/c9-5-3-7(11)2-1-4(8-7)6(5)10/h4-6,8-11H,1-3H2/t4-,5+,6+,7-/m0/s1. The molecule has 0 amide bonds. The van der Waals surface area contributed by atoms with Crippen molar-refractivity contribution in [3.8, 4) is 0 Å². The zero-order valence-corrected chi connectivity index (χ0v) is 6.20. The van der Waals surface area contributed by atoms with Gasteiger partial charge in [-0.25, -0.2) is 0 Å². The summed E-state index contributed by atoms with van der Waals surface area (Å²) < 4.78 is 0. The highest BCUT2D eigenvalue weighted by Crippen LogP contribution is 2.33. The first-order chi connectivity index (χ1) is 5.11. The first-order valence-electron chi connectivity index (χ1n) is 3.97. The number of piperidine rings is 1. The van der Waals surface area contributed by atoms with Gasteiger partial charge in [-0.2, -0.15) is 0 Å². The molecule has 2 fully saturated rings. The van der Waals surface area contributed by atoms with Crippen molar-refractivity contribution in [1.29, 1.82) is 0 Å². The minimum absolute atomic E-state index is 0.122. The molecule has 4 N–H and O–H groups in total. The van der Waals surface area contributed by atoms with Crippen LogP contribution in [-0.4, -0.2) is 39.3 Å². The van der Waals surface area contributed by atoms with Crippen molar-refractivity contribution in [2.45, 2.75) is 43.2 Å². The normalized spacial score (nSPS) is 56.5. The van der Waals surface area contributed by atoms with Crippen LogP contribution in [0.4, 0.5) is 0 Å². The summed E-state index contributed by atoms with van der Waals surface area (Å²) >= 11 is 0. The Labute approximate surface area is 64.8 Å². The Morgan fingerprint density at radius 3 is 2.82 bits per heavy atom. The van der Waals surface area contributed by atoms with Gasteiger partial charge in [-0.15, -0.1) is 0 Å². The van der Waals surface area contributed by atoms with E-state index in [2.05, 4.69) is 5.32 Å². The van der Waals surface area contributed by atoms with Gasteiger partial charge < -0.3 is 15.3 Å². The van der Waals surface area contributed by atoms with Crippen molar-refractivity contribution in [2.75, 3.05) is 0 Å². The summed E-state index contributed by atoms with van der Waals surface area (Å²) in [5.74, 6) is 0. The molecule has 4 heteroatoms. The van der Waals surface area contributed by atoms with Crippen LogP contribution < -0.4 is 5.32 Å². The number of hydrogen-bond acceptors (Lipinski definition) is 4. The van der Waals surface area contributed by atoms with E-state index in [4.69, 9.17) is 0 Å². The van der Waals surface area contributed by atoms with Crippen molar-refractivity contribution < 1.29 is 15.3 Å². The first kappa shape index (κ1) is 7.49. The second-order valence-electron chi connectivity index (χ2n) is 3.58. The highest BCUT2D eigenvalue weighted by molar-refractivity contribution is 5.01. The molecule has 0 radical (unpaired) electrons. The van der Waals surface area contributed by atoms with Gasteiger partial charge >= 0.3 is 0 Å². The van der Waals surface area contributed by atoms with Crippen LogP contribution in [0, 0.1) is 0 Å². The van der Waals surface area contributed by atoms with Crippen LogP contribution in [0.1, 0.15) is 19.3 Å². The Bertz CT molecular complexity index is 175. The molecule has 0 aromatic rings. The van der Waals surface area contributed by atoms with E-state index in [0.29, 0.717) is 6.42 Å². The molecule has 2 rings (SSSR count). The van der Waals surface area contributed by atoms with Crippen molar-refractivity contribution in [3.05, 3.63) is 0 Å². The number of nitrogens with one attached hydrogen (secondary N) is 1. The molecular weight excluding hydrogens is 146 g/mol. The summed E-state index contributed by atoms with van der Waals surface area (Å²) in [5.41, 5.74) is -0.913. The average molecular weight is 159 g/mol. The third-order valence-corrected chi connectivity index (χ3v) is 2.68. The molecule has 0 spiro atoms. The lowest BCUT2D eigenvalue weighted by atomic mass is 9.97. The van der Waals surface area contributed by atoms with Gasteiger partial charge in [0.15, 0.2) is 0 Å². The van der Waals surface area contributed by atoms with Crippen LogP contribution in [0.25, 0.3) is 0 Å². The summed E-state index contributed by atoms with van der Waals surface area (Å²) in [6, 6.07) is -0.122. The molecule has 2 saturated heterocycles. The second-order valence-corrected chi connectivity index (χ2v) is 3.58. The lowest BCUT2D eigenvalue weighted by Gasteiger charge is -2.36. The molecule has 0 aliphatic carbocycles. The van der Waals surface area contributed by atoms with E-state index < -0.39 is 17.9 Å². The van der Waals surface area contributed by atoms with Gasteiger partial charge in [0.05, 0.1) is 12.2 Å². The largest absolute Gasteiger partial charge is 0.390 e. The van der Waals surface area contributed by atoms with E-state index in [1.807, 2.05) is 0 Å². The monoisotopic (exact) mass is 159 g/mol. The van der Waals surface area contributed by atoms with Crippen molar-refractivity contribution in [3.63, 3.8) is 0 Å². The lowest BCUT2D eigenvalue weighted by molar-refractivity contribution is -0.102. The van der Waals surface area contributed by atoms with E-state index in [-0.39, 0.29) is 12.5 Å². The van der Waals surface area contributed by atoms with Crippen molar-refractivity contribution in [2.24, 2.45) is 0 Å². The maximum absolute atomic E-state index is 9.63. The van der Waals surface area contributed by atoms with Crippen molar-refractivity contribution >= 4 is 0 Å². The molecule has 0 aromatic heterocycles. The highest BCUT2D eigenvalue weighted by Gasteiger charge is 2.48. The maximum Gasteiger partial charge on any atom is 0.118 e. The third-order valence-electron chi connectivity index (χ3n) is 2.68. The van der Waals surface area contributed by atoms with Gasteiger partial charge in [0.1, 0.15) is 5.72 Å². The Morgan fingerprint density at radius 2 is 2.09 bits per heavy atom. The summed E-state index contributed by atoms with van der Waals surface area (Å²) in [5, 5.41) is 31.1. The fourth-order valence-corrected chi connectivity index (χ4v) is 2.04. The molecule has 0 unspecified atom stereocenters. The van der Waals surface area contributed by atoms with Gasteiger partial charge in [0.2, 0.25) is 0 Å². The quantitative estimate of drug-likeness (QED) is 0.349. The SMILES string of the molecule is O[C@H]1[C@H](O)C[C@@]2(O)CC[C@@H]1N2. The summed E-state index contributed by atoms with van der Waals surface area (Å²) in [6.45, 7) is 0. The molecule has 0 saturated carbocycles. The predicted molar refractivity (Wildman–Crippen MR) is 37.7 cm³/mol. The molecule has 2 aliphatic heterocycles. The van der Waals surface area contributed by atoms with Crippen LogP contribution in [0.5, 0.6) is 0 Å². The Balaban J connectivity index is 2.17. The minimum atomic E-state index is -0.913. The number of rotatable bonds is 0. The van der Waals surface area contributed by atoms with Gasteiger partial charge in [0.25, 0.3) is 0 Å². The van der Waals surface area contributed by atoms with Crippen LogP contribution in [0.3, 0.4) is 0 Å². The number of aliphatic hydroxyl groups is 3. The molecule has 0 aromatic carbocycles. The number of aliphatic hydroxyl groups excluding tert-OH is 2. The average Bonchev–Trinajstić information content (AvgIpc) is 2.25. The molecular formula is C7H13NO3. The van der Waals surface area contributed by atoms with Gasteiger partial charge in [-0.3, -0.25) is 5.32 Å². The van der Waals surface area contributed by atoms with Gasteiger partial charge in [0, 0.05) is 12.5 Å². The maximum atomic E-state index is 9.63. The van der Waals surface area contributed by atoms with Crippen LogP contribution in [0.2, 0.25) is 0 Å². The summed E-state index contributed by atoms with van der Waals surface area (Å²) in [7, 11) is 0. The number of fused-ring (bicyclic) bond motifs is 2. The Kier molecular flexibility index (Phi) is 1.47. The van der Waals surface area contributed by atoms with E-state index in [9.17, 15) is 15.3 Å².